The van der Waals surface area contributed by atoms with E-state index in [9.17, 15) is 5.11 Å². The van der Waals surface area contributed by atoms with Gasteiger partial charge in [-0.1, -0.05) is 18.2 Å². The first-order valence-corrected chi connectivity index (χ1v) is 6.38. The number of furan rings is 1. The molecular weight excluding hydrogens is 242 g/mol. The molecule has 2 aromatic rings. The summed E-state index contributed by atoms with van der Waals surface area (Å²) in [4.78, 5) is 2.16. The van der Waals surface area contributed by atoms with Gasteiger partial charge in [-0.05, 0) is 19.2 Å². The Bertz CT molecular complexity index is 564. The van der Waals surface area contributed by atoms with Crippen LogP contribution in [-0.2, 0) is 13.2 Å². The molecule has 100 valence electrons. The molecule has 0 bridgehead atoms. The van der Waals surface area contributed by atoms with Crippen molar-refractivity contribution in [2.45, 2.75) is 19.3 Å². The van der Waals surface area contributed by atoms with Gasteiger partial charge >= 0.3 is 0 Å². The number of aliphatic hydroxyl groups is 1. The van der Waals surface area contributed by atoms with Gasteiger partial charge in [-0.2, -0.15) is 0 Å². The van der Waals surface area contributed by atoms with Crippen molar-refractivity contribution < 1.29 is 14.3 Å². The van der Waals surface area contributed by atoms with E-state index in [1.807, 2.05) is 37.4 Å². The van der Waals surface area contributed by atoms with Crippen LogP contribution >= 0.6 is 0 Å². The van der Waals surface area contributed by atoms with Crippen molar-refractivity contribution in [3.8, 4) is 5.75 Å². The number of fused-ring (bicyclic) bond motifs is 1. The minimum atomic E-state index is -0.0554. The van der Waals surface area contributed by atoms with E-state index in [0.29, 0.717) is 0 Å². The first-order chi connectivity index (χ1) is 9.28. The van der Waals surface area contributed by atoms with Crippen LogP contribution in [-0.4, -0.2) is 23.6 Å². The van der Waals surface area contributed by atoms with Crippen LogP contribution in [0.3, 0.4) is 0 Å². The molecule has 3 rings (SSSR count). The molecule has 1 unspecified atom stereocenters. The molecule has 0 saturated carbocycles. The van der Waals surface area contributed by atoms with Crippen molar-refractivity contribution in [1.82, 2.24) is 4.90 Å². The molecule has 0 saturated heterocycles. The third-order valence-corrected chi connectivity index (χ3v) is 3.43. The molecule has 1 N–H and O–H groups in total. The van der Waals surface area contributed by atoms with Gasteiger partial charge < -0.3 is 14.3 Å². The molecule has 19 heavy (non-hydrogen) atoms. The summed E-state index contributed by atoms with van der Waals surface area (Å²) in [7, 11) is 2.04. The normalized spacial score (nSPS) is 19.2. The van der Waals surface area contributed by atoms with Crippen LogP contribution in [0.25, 0.3) is 0 Å². The largest absolute Gasteiger partial charge is 0.484 e. The number of hydrogen-bond acceptors (Lipinski definition) is 4. The zero-order valence-corrected chi connectivity index (χ0v) is 10.9. The van der Waals surface area contributed by atoms with E-state index in [4.69, 9.17) is 9.15 Å². The SMILES string of the molecule is CN1Cc2occc2C(Oc2ccccc2CO)C1. The highest BCUT2D eigenvalue weighted by atomic mass is 16.5. The zero-order valence-electron chi connectivity index (χ0n) is 10.9. The van der Waals surface area contributed by atoms with Gasteiger partial charge in [-0.25, -0.2) is 0 Å². The number of para-hydroxylation sites is 1. The summed E-state index contributed by atoms with van der Waals surface area (Å²) in [5, 5.41) is 9.35. The van der Waals surface area contributed by atoms with Crippen molar-refractivity contribution >= 4 is 0 Å². The molecule has 0 spiro atoms. The van der Waals surface area contributed by atoms with Gasteiger partial charge in [0.1, 0.15) is 17.6 Å². The number of nitrogens with zero attached hydrogens (tertiary/aromatic N) is 1. The quantitative estimate of drug-likeness (QED) is 0.919. The lowest BCUT2D eigenvalue weighted by Gasteiger charge is -2.29. The summed E-state index contributed by atoms with van der Waals surface area (Å²) in [6.07, 6.45) is 1.65. The average molecular weight is 259 g/mol. The molecule has 4 nitrogen and oxygen atoms in total. The van der Waals surface area contributed by atoms with E-state index in [0.717, 1.165) is 35.7 Å². The second-order valence-electron chi connectivity index (χ2n) is 4.87. The maximum absolute atomic E-state index is 9.35. The summed E-state index contributed by atoms with van der Waals surface area (Å²) < 4.78 is 11.6. The Kier molecular flexibility index (Phi) is 3.27. The van der Waals surface area contributed by atoms with Gasteiger partial charge in [0.2, 0.25) is 0 Å². The minimum Gasteiger partial charge on any atom is -0.484 e. The van der Waals surface area contributed by atoms with Gasteiger partial charge in [-0.3, -0.25) is 4.90 Å². The molecule has 1 aliphatic heterocycles. The topological polar surface area (TPSA) is 45.8 Å². The smallest absolute Gasteiger partial charge is 0.140 e. The first kappa shape index (κ1) is 12.3. The third-order valence-electron chi connectivity index (χ3n) is 3.43. The number of likely N-dealkylation sites (N-methyl/N-ethyl adjacent to an activating group) is 1. The van der Waals surface area contributed by atoms with Crippen LogP contribution in [0.2, 0.25) is 0 Å². The Morgan fingerprint density at radius 2 is 2.21 bits per heavy atom. The highest BCUT2D eigenvalue weighted by Gasteiger charge is 2.27. The van der Waals surface area contributed by atoms with Gasteiger partial charge in [0.25, 0.3) is 0 Å². The Hall–Kier alpha value is -1.78. The summed E-state index contributed by atoms with van der Waals surface area (Å²) in [6.45, 7) is 1.60. The van der Waals surface area contributed by atoms with E-state index < -0.39 is 0 Å². The standard InChI is InChI=1S/C15H17NO3/c1-16-8-14-12(6-7-18-14)15(9-16)19-13-5-3-2-4-11(13)10-17/h2-7,15,17H,8-10H2,1H3. The monoisotopic (exact) mass is 259 g/mol. The van der Waals surface area contributed by atoms with E-state index in [1.54, 1.807) is 6.26 Å². The average Bonchev–Trinajstić information content (AvgIpc) is 2.87. The minimum absolute atomic E-state index is 0.0169. The first-order valence-electron chi connectivity index (χ1n) is 6.38. The van der Waals surface area contributed by atoms with Crippen LogP contribution in [0, 0.1) is 0 Å². The maximum atomic E-state index is 9.35. The third kappa shape index (κ3) is 2.37. The highest BCUT2D eigenvalue weighted by Crippen LogP contribution is 2.32. The molecule has 0 fully saturated rings. The highest BCUT2D eigenvalue weighted by molar-refractivity contribution is 5.34. The summed E-state index contributed by atoms with van der Waals surface area (Å²) >= 11 is 0. The molecule has 1 atom stereocenters. The van der Waals surface area contributed by atoms with Crippen LogP contribution in [0.4, 0.5) is 0 Å². The van der Waals surface area contributed by atoms with Gasteiger partial charge in [0, 0.05) is 17.7 Å². The maximum Gasteiger partial charge on any atom is 0.140 e. The molecule has 0 amide bonds. The van der Waals surface area contributed by atoms with Crippen molar-refractivity contribution in [2.24, 2.45) is 0 Å². The number of hydrogen-bond donors (Lipinski definition) is 1. The van der Waals surface area contributed by atoms with E-state index in [2.05, 4.69) is 4.90 Å². The fourth-order valence-electron chi connectivity index (χ4n) is 2.46. The van der Waals surface area contributed by atoms with Gasteiger partial charge in [0.05, 0.1) is 19.4 Å². The van der Waals surface area contributed by atoms with Crippen molar-refractivity contribution in [2.75, 3.05) is 13.6 Å². The van der Waals surface area contributed by atoms with Crippen LogP contribution in [0.1, 0.15) is 23.0 Å². The molecule has 1 aliphatic rings. The van der Waals surface area contributed by atoms with Crippen LogP contribution in [0.5, 0.6) is 5.75 Å². The summed E-state index contributed by atoms with van der Waals surface area (Å²) in [5.41, 5.74) is 1.91. The van der Waals surface area contributed by atoms with Crippen molar-refractivity contribution in [3.05, 3.63) is 53.5 Å². The molecular formula is C15H17NO3. The molecule has 1 aromatic heterocycles. The van der Waals surface area contributed by atoms with Crippen LogP contribution < -0.4 is 4.74 Å². The Balaban J connectivity index is 1.88. The van der Waals surface area contributed by atoms with E-state index in [1.165, 1.54) is 0 Å². The zero-order chi connectivity index (χ0) is 13.2. The number of aliphatic hydroxyl groups excluding tert-OH is 1. The Labute approximate surface area is 112 Å². The lowest BCUT2D eigenvalue weighted by molar-refractivity contribution is 0.117. The van der Waals surface area contributed by atoms with Gasteiger partial charge in [0.15, 0.2) is 0 Å². The number of benzene rings is 1. The summed E-state index contributed by atoms with van der Waals surface area (Å²) in [6, 6.07) is 9.54. The van der Waals surface area contributed by atoms with E-state index >= 15 is 0 Å². The second kappa shape index (κ2) is 5.07. The number of ether oxygens (including phenoxy) is 1. The molecule has 0 radical (unpaired) electrons. The molecule has 1 aromatic carbocycles. The molecule has 0 aliphatic carbocycles. The lowest BCUT2D eigenvalue weighted by Crippen LogP contribution is -2.32. The van der Waals surface area contributed by atoms with E-state index in [-0.39, 0.29) is 12.7 Å². The fourth-order valence-corrected chi connectivity index (χ4v) is 2.46. The summed E-state index contributed by atoms with van der Waals surface area (Å²) in [5.74, 6) is 1.69. The van der Waals surface area contributed by atoms with Crippen LogP contribution in [0.15, 0.2) is 41.0 Å². The van der Waals surface area contributed by atoms with Gasteiger partial charge in [-0.15, -0.1) is 0 Å². The fraction of sp³-hybridized carbons (Fsp3) is 0.333. The second-order valence-corrected chi connectivity index (χ2v) is 4.87. The van der Waals surface area contributed by atoms with Crippen molar-refractivity contribution in [3.63, 3.8) is 0 Å². The molecule has 4 heteroatoms. The lowest BCUT2D eigenvalue weighted by atomic mass is 10.1. The Morgan fingerprint density at radius 3 is 3.05 bits per heavy atom. The number of rotatable bonds is 3. The Morgan fingerprint density at radius 1 is 1.37 bits per heavy atom. The molecule has 2 heterocycles. The van der Waals surface area contributed by atoms with Crippen molar-refractivity contribution in [1.29, 1.82) is 0 Å². The predicted molar refractivity (Wildman–Crippen MR) is 70.8 cm³/mol. The predicted octanol–water partition coefficient (Wildman–Crippen LogP) is 2.34.